The Hall–Kier alpha value is -2.68. The molecular weight excluding hydrogens is 324 g/mol. The van der Waals surface area contributed by atoms with Crippen LogP contribution in [0.3, 0.4) is 0 Å². The summed E-state index contributed by atoms with van der Waals surface area (Å²) >= 11 is 5.79. The van der Waals surface area contributed by atoms with Gasteiger partial charge in [-0.05, 0) is 30.7 Å². The van der Waals surface area contributed by atoms with E-state index in [1.807, 2.05) is 0 Å². The van der Waals surface area contributed by atoms with Gasteiger partial charge in [-0.2, -0.15) is 5.21 Å². The van der Waals surface area contributed by atoms with Crippen molar-refractivity contribution in [1.29, 1.82) is 0 Å². The number of aromatic nitrogens is 4. The molecule has 10 heteroatoms. The number of hydrogen-bond donors (Lipinski definition) is 3. The van der Waals surface area contributed by atoms with E-state index < -0.39 is 18.0 Å². The summed E-state index contributed by atoms with van der Waals surface area (Å²) in [6.45, 7) is 0.204. The SMILES string of the molecule is O=C(O)C1CC(c2nn[nH]n2)CN1C(=O)Nc1ccc(Cl)cc1. The van der Waals surface area contributed by atoms with Crippen LogP contribution in [0.25, 0.3) is 0 Å². The van der Waals surface area contributed by atoms with Gasteiger partial charge in [-0.25, -0.2) is 9.59 Å². The van der Waals surface area contributed by atoms with E-state index >= 15 is 0 Å². The van der Waals surface area contributed by atoms with E-state index in [-0.39, 0.29) is 18.9 Å². The molecule has 1 aliphatic heterocycles. The van der Waals surface area contributed by atoms with Crippen LogP contribution in [0, 0.1) is 0 Å². The van der Waals surface area contributed by atoms with E-state index in [1.54, 1.807) is 24.3 Å². The number of anilines is 1. The maximum absolute atomic E-state index is 12.4. The Morgan fingerprint density at radius 3 is 2.70 bits per heavy atom. The number of carboxylic acids is 1. The molecular formula is C13H13ClN6O3. The molecule has 0 bridgehead atoms. The molecule has 3 N–H and O–H groups in total. The van der Waals surface area contributed by atoms with E-state index in [1.165, 1.54) is 4.90 Å². The fourth-order valence-electron chi connectivity index (χ4n) is 2.55. The Labute approximate surface area is 135 Å². The van der Waals surface area contributed by atoms with E-state index in [2.05, 4.69) is 25.9 Å². The van der Waals surface area contributed by atoms with Gasteiger partial charge in [-0.15, -0.1) is 10.2 Å². The van der Waals surface area contributed by atoms with Crippen LogP contribution in [0.4, 0.5) is 10.5 Å². The van der Waals surface area contributed by atoms with Gasteiger partial charge in [0.15, 0.2) is 5.82 Å². The quantitative estimate of drug-likeness (QED) is 0.776. The fraction of sp³-hybridized carbons (Fsp3) is 0.308. The Morgan fingerprint density at radius 2 is 2.09 bits per heavy atom. The van der Waals surface area contributed by atoms with Crippen molar-refractivity contribution in [1.82, 2.24) is 25.5 Å². The number of urea groups is 1. The maximum atomic E-state index is 12.4. The molecule has 2 atom stereocenters. The standard InChI is InChI=1S/C13H13ClN6O3/c14-8-1-3-9(4-2-8)15-13(23)20-6-7(5-10(20)12(21)22)11-16-18-19-17-11/h1-4,7,10H,5-6H2,(H,15,23)(H,21,22)(H,16,17,18,19). The molecule has 9 nitrogen and oxygen atoms in total. The lowest BCUT2D eigenvalue weighted by atomic mass is 10.1. The van der Waals surface area contributed by atoms with Gasteiger partial charge in [-0.3, -0.25) is 0 Å². The highest BCUT2D eigenvalue weighted by molar-refractivity contribution is 6.30. The number of aromatic amines is 1. The number of likely N-dealkylation sites (tertiary alicyclic amines) is 1. The topological polar surface area (TPSA) is 124 Å². The van der Waals surface area contributed by atoms with E-state index in [0.717, 1.165) is 0 Å². The first-order valence-corrected chi connectivity index (χ1v) is 7.21. The monoisotopic (exact) mass is 336 g/mol. The van der Waals surface area contributed by atoms with Crippen LogP contribution < -0.4 is 5.32 Å². The molecule has 0 saturated carbocycles. The van der Waals surface area contributed by atoms with Gasteiger partial charge in [0.25, 0.3) is 0 Å². The third kappa shape index (κ3) is 3.24. The molecule has 0 radical (unpaired) electrons. The average Bonchev–Trinajstić information content (AvgIpc) is 3.18. The van der Waals surface area contributed by atoms with Gasteiger partial charge in [0.1, 0.15) is 6.04 Å². The molecule has 120 valence electrons. The fourth-order valence-corrected chi connectivity index (χ4v) is 2.68. The van der Waals surface area contributed by atoms with Crippen molar-refractivity contribution >= 4 is 29.3 Å². The molecule has 2 unspecified atom stereocenters. The van der Waals surface area contributed by atoms with Crippen LogP contribution in [0.2, 0.25) is 5.02 Å². The van der Waals surface area contributed by atoms with Crippen LogP contribution in [-0.2, 0) is 4.79 Å². The number of hydrogen-bond acceptors (Lipinski definition) is 5. The largest absolute Gasteiger partial charge is 0.480 e. The Kier molecular flexibility index (Phi) is 4.11. The van der Waals surface area contributed by atoms with Crippen LogP contribution in [0.15, 0.2) is 24.3 Å². The van der Waals surface area contributed by atoms with Gasteiger partial charge in [0.2, 0.25) is 0 Å². The molecule has 1 aliphatic rings. The maximum Gasteiger partial charge on any atom is 0.326 e. The van der Waals surface area contributed by atoms with Crippen molar-refractivity contribution in [3.05, 3.63) is 35.1 Å². The first-order chi connectivity index (χ1) is 11.0. The normalized spacial score (nSPS) is 20.5. The van der Waals surface area contributed by atoms with Crippen molar-refractivity contribution in [3.63, 3.8) is 0 Å². The molecule has 2 amide bonds. The summed E-state index contributed by atoms with van der Waals surface area (Å²) in [7, 11) is 0. The summed E-state index contributed by atoms with van der Waals surface area (Å²) in [4.78, 5) is 25.1. The number of halogens is 1. The second-order valence-electron chi connectivity index (χ2n) is 5.15. The highest BCUT2D eigenvalue weighted by Crippen LogP contribution is 2.30. The van der Waals surface area contributed by atoms with Crippen molar-refractivity contribution < 1.29 is 14.7 Å². The number of nitrogens with zero attached hydrogens (tertiary/aromatic N) is 4. The van der Waals surface area contributed by atoms with Crippen molar-refractivity contribution in [2.45, 2.75) is 18.4 Å². The number of carboxylic acid groups (broad SMARTS) is 1. The minimum absolute atomic E-state index is 0.204. The van der Waals surface area contributed by atoms with Crippen LogP contribution in [0.1, 0.15) is 18.2 Å². The van der Waals surface area contributed by atoms with Gasteiger partial charge < -0.3 is 15.3 Å². The zero-order chi connectivity index (χ0) is 16.4. The van der Waals surface area contributed by atoms with Gasteiger partial charge >= 0.3 is 12.0 Å². The number of tetrazole rings is 1. The molecule has 2 aromatic rings. The molecule has 0 aliphatic carbocycles. The lowest BCUT2D eigenvalue weighted by Crippen LogP contribution is -2.42. The number of amides is 2. The summed E-state index contributed by atoms with van der Waals surface area (Å²) in [5, 5.41) is 26.1. The number of carbonyl (C=O) groups excluding carboxylic acids is 1. The van der Waals surface area contributed by atoms with Crippen LogP contribution >= 0.6 is 11.6 Å². The Morgan fingerprint density at radius 1 is 1.35 bits per heavy atom. The van der Waals surface area contributed by atoms with E-state index in [0.29, 0.717) is 16.5 Å². The van der Waals surface area contributed by atoms with Crippen molar-refractivity contribution in [3.8, 4) is 0 Å². The summed E-state index contributed by atoms with van der Waals surface area (Å²) < 4.78 is 0. The number of rotatable bonds is 3. The first-order valence-electron chi connectivity index (χ1n) is 6.84. The number of aliphatic carboxylic acids is 1. The molecule has 1 saturated heterocycles. The van der Waals surface area contributed by atoms with E-state index in [9.17, 15) is 14.7 Å². The smallest absolute Gasteiger partial charge is 0.326 e. The molecule has 0 spiro atoms. The van der Waals surface area contributed by atoms with Gasteiger partial charge in [-0.1, -0.05) is 16.8 Å². The Bertz CT molecular complexity index is 705. The predicted octanol–water partition coefficient (Wildman–Crippen LogP) is 1.33. The second kappa shape index (κ2) is 6.21. The van der Waals surface area contributed by atoms with Crippen molar-refractivity contribution in [2.75, 3.05) is 11.9 Å². The molecule has 1 fully saturated rings. The minimum atomic E-state index is -1.07. The number of benzene rings is 1. The van der Waals surface area contributed by atoms with Crippen LogP contribution in [0.5, 0.6) is 0 Å². The molecule has 1 aromatic carbocycles. The average molecular weight is 337 g/mol. The third-order valence-corrected chi connectivity index (χ3v) is 3.92. The lowest BCUT2D eigenvalue weighted by molar-refractivity contribution is -0.141. The highest BCUT2D eigenvalue weighted by atomic mass is 35.5. The molecule has 23 heavy (non-hydrogen) atoms. The highest BCUT2D eigenvalue weighted by Gasteiger charge is 2.41. The minimum Gasteiger partial charge on any atom is -0.480 e. The predicted molar refractivity (Wildman–Crippen MR) is 80.1 cm³/mol. The summed E-state index contributed by atoms with van der Waals surface area (Å²) in [5.74, 6) is -0.939. The molecule has 1 aromatic heterocycles. The summed E-state index contributed by atoms with van der Waals surface area (Å²) in [5.41, 5.74) is 0.534. The zero-order valence-corrected chi connectivity index (χ0v) is 12.6. The van der Waals surface area contributed by atoms with E-state index in [4.69, 9.17) is 11.6 Å². The Balaban J connectivity index is 1.74. The lowest BCUT2D eigenvalue weighted by Gasteiger charge is -2.21. The summed E-state index contributed by atoms with van der Waals surface area (Å²) in [6.07, 6.45) is 0.239. The van der Waals surface area contributed by atoms with Crippen molar-refractivity contribution in [2.24, 2.45) is 0 Å². The second-order valence-corrected chi connectivity index (χ2v) is 5.58. The van der Waals surface area contributed by atoms with Gasteiger partial charge in [0.05, 0.1) is 0 Å². The number of H-pyrrole nitrogens is 1. The molecule has 2 heterocycles. The summed E-state index contributed by atoms with van der Waals surface area (Å²) in [6, 6.07) is 5.12. The van der Waals surface area contributed by atoms with Crippen LogP contribution in [-0.4, -0.2) is 55.2 Å². The number of nitrogens with one attached hydrogen (secondary N) is 2. The molecule has 3 rings (SSSR count). The third-order valence-electron chi connectivity index (χ3n) is 3.67. The zero-order valence-electron chi connectivity index (χ0n) is 11.8. The number of carbonyl (C=O) groups is 2. The first kappa shape index (κ1) is 15.2. The van der Waals surface area contributed by atoms with Gasteiger partial charge in [0, 0.05) is 23.2 Å².